The molecule has 720 valence electrons. The fourth-order valence-corrected chi connectivity index (χ4v) is 16.9. The number of hydrogen-bond acceptors (Lipinski definition) is 34. The Kier molecular flexibility index (Phi) is 26.5. The molecule has 1 aliphatic rings. The summed E-state index contributed by atoms with van der Waals surface area (Å²) < 4.78 is 125. The van der Waals surface area contributed by atoms with Crippen molar-refractivity contribution in [2.75, 3.05) is 74.6 Å². The van der Waals surface area contributed by atoms with Gasteiger partial charge in [0.25, 0.3) is 29.5 Å². The average molecular weight is 1980 g/mol. The first-order valence-corrected chi connectivity index (χ1v) is 45.2. The summed E-state index contributed by atoms with van der Waals surface area (Å²) >= 11 is 0. The quantitative estimate of drug-likeness (QED) is 0.0358. The van der Waals surface area contributed by atoms with E-state index in [4.69, 9.17) is 28.7 Å². The predicted octanol–water partition coefficient (Wildman–Crippen LogP) is 8.89. The van der Waals surface area contributed by atoms with Crippen LogP contribution < -0.4 is 55.3 Å². The Morgan fingerprint density at radius 3 is 0.972 bits per heavy atom. The van der Waals surface area contributed by atoms with Crippen LogP contribution in [0.2, 0.25) is 0 Å². The molecule has 0 atom stereocenters. The highest BCUT2D eigenvalue weighted by Gasteiger charge is 2.32. The van der Waals surface area contributed by atoms with E-state index in [0.29, 0.717) is 92.1 Å². The molecule has 0 bridgehead atoms. The highest BCUT2D eigenvalue weighted by molar-refractivity contribution is 7.90. The van der Waals surface area contributed by atoms with Crippen molar-refractivity contribution in [1.82, 2.24) is 137 Å². The van der Waals surface area contributed by atoms with Crippen LogP contribution in [0.5, 0.6) is 0 Å². The van der Waals surface area contributed by atoms with E-state index in [9.17, 15) is 62.8 Å². The fraction of sp³-hybridized carbons (Fsp3) is 0.0899. The summed E-state index contributed by atoms with van der Waals surface area (Å²) in [5.41, 5.74) is 39.7. The van der Waals surface area contributed by atoms with Crippen molar-refractivity contribution in [3.8, 4) is 56.0 Å². The first kappa shape index (κ1) is 95.3. The minimum Gasteiger partial charge on any atom is -0.381 e. The van der Waals surface area contributed by atoms with Crippen LogP contribution in [0.25, 0.3) is 84.3 Å². The summed E-state index contributed by atoms with van der Waals surface area (Å²) in [6.07, 6.45) is 34.1. The van der Waals surface area contributed by atoms with Crippen molar-refractivity contribution in [3.05, 3.63) is 296 Å². The molecule has 1 aliphatic heterocycles. The number of carbonyl (C=O) groups excluding carboxylic acids is 5. The number of nitrogen functional groups attached to an aromatic ring is 5. The Morgan fingerprint density at radius 2 is 0.657 bits per heavy atom. The Labute approximate surface area is 801 Å². The number of halogens is 5. The van der Waals surface area contributed by atoms with Gasteiger partial charge >= 0.3 is 0 Å². The van der Waals surface area contributed by atoms with Gasteiger partial charge in [0.2, 0.25) is 10.0 Å². The largest absolute Gasteiger partial charge is 0.381 e. The molecule has 0 unspecified atom stereocenters. The second kappa shape index (κ2) is 39.7. The number of nitrogens with two attached hydrogens (primary N) is 5. The molecule has 5 amide bonds. The molecule has 20 aromatic rings. The molecular formula is C89H73F5N38O9S2. The van der Waals surface area contributed by atoms with E-state index in [2.05, 4.69) is 127 Å². The van der Waals surface area contributed by atoms with E-state index in [1.54, 1.807) is 114 Å². The maximum Gasteiger partial charge on any atom is 0.263 e. The Morgan fingerprint density at radius 1 is 0.343 bits per heavy atom. The van der Waals surface area contributed by atoms with E-state index in [-0.39, 0.29) is 94.9 Å². The normalized spacial score (nSPS) is 11.8. The van der Waals surface area contributed by atoms with Gasteiger partial charge in [-0.3, -0.25) is 63.5 Å². The molecule has 47 nitrogen and oxygen atoms in total. The smallest absolute Gasteiger partial charge is 0.263 e. The number of aromatic nitrogens is 27. The number of rotatable bonds is 18. The lowest BCUT2D eigenvalue weighted by atomic mass is 10.1. The molecule has 0 radical (unpaired) electrons. The van der Waals surface area contributed by atoms with Gasteiger partial charge in [0.1, 0.15) is 34.1 Å². The van der Waals surface area contributed by atoms with E-state index in [0.717, 1.165) is 114 Å². The minimum absolute atomic E-state index is 0.000734. The molecular weight excluding hydrogens is 1900 g/mol. The molecule has 15 N–H and O–H groups in total. The van der Waals surface area contributed by atoms with Crippen LogP contribution in [0.1, 0.15) is 69.6 Å². The monoisotopic (exact) mass is 1980 g/mol. The summed E-state index contributed by atoms with van der Waals surface area (Å²) in [5.74, 6) is -5.63. The number of fused-ring (bicyclic) bond motifs is 5. The van der Waals surface area contributed by atoms with Gasteiger partial charge in [-0.1, -0.05) is 24.3 Å². The molecule has 19 heterocycles. The van der Waals surface area contributed by atoms with Crippen LogP contribution in [0.15, 0.2) is 238 Å². The number of hydrogen-bond donors (Lipinski definition) is 10. The van der Waals surface area contributed by atoms with Crippen molar-refractivity contribution in [3.63, 3.8) is 0 Å². The van der Waals surface area contributed by atoms with Crippen molar-refractivity contribution in [2.24, 2.45) is 14.1 Å². The maximum atomic E-state index is 13.4. The zero-order valence-electron chi connectivity index (χ0n) is 74.8. The number of sulfonamides is 1. The summed E-state index contributed by atoms with van der Waals surface area (Å²) in [7, 11) is -3.27. The second-order valence-corrected chi connectivity index (χ2v) is 34.9. The molecule has 1 fully saturated rings. The van der Waals surface area contributed by atoms with Crippen LogP contribution >= 0.6 is 0 Å². The van der Waals surface area contributed by atoms with Crippen molar-refractivity contribution >= 4 is 135 Å². The number of anilines is 10. The van der Waals surface area contributed by atoms with Crippen molar-refractivity contribution in [2.45, 2.75) is 30.1 Å². The highest BCUT2D eigenvalue weighted by Crippen LogP contribution is 2.37. The van der Waals surface area contributed by atoms with Crippen molar-refractivity contribution < 1.29 is 62.8 Å². The first-order chi connectivity index (χ1) is 68.6. The molecule has 21 rings (SSSR count). The maximum absolute atomic E-state index is 13.4. The van der Waals surface area contributed by atoms with Gasteiger partial charge < -0.3 is 55.3 Å². The van der Waals surface area contributed by atoms with Crippen molar-refractivity contribution in [1.29, 1.82) is 0 Å². The van der Waals surface area contributed by atoms with E-state index < -0.39 is 78.5 Å². The second-order valence-electron chi connectivity index (χ2n) is 31.0. The van der Waals surface area contributed by atoms with Crippen LogP contribution in [-0.4, -0.2) is 202 Å². The van der Waals surface area contributed by atoms with Gasteiger partial charge in [-0.2, -0.15) is 14.5 Å². The first-order valence-electron chi connectivity index (χ1n) is 41.9. The topological polar surface area (TPSA) is 637 Å². The lowest BCUT2D eigenvalue weighted by Gasteiger charge is -2.29. The van der Waals surface area contributed by atoms with Gasteiger partial charge in [0.15, 0.2) is 102 Å². The van der Waals surface area contributed by atoms with E-state index in [1.165, 1.54) is 65.9 Å². The lowest BCUT2D eigenvalue weighted by Crippen LogP contribution is -2.41. The van der Waals surface area contributed by atoms with Gasteiger partial charge in [0.05, 0.1) is 148 Å². The standard InChI is InChI=1S/C21H18FN7O3S.C19H15FN6O3S.C17H15FN8O.C17H13FN8O.C15H12FN9O/c22-14-10-25-20-18(19(23)27-29(20)12-14)21(30)26-17-11-24-7-6-16(17)13-2-4-15(5-3-13)33(31,32)28-8-1-9-28;1-30(28,29)13-4-2-11(3-5-13)14-6-7-22-9-15(14)24-19(27)16-17(21)25-26-10-12(20)8-23-18(16)26;1-9-12(8-25(2)23-9)11-3-4-20-6-13(11)22-17(27)14-15(19)24-26-7-10(18)5-21-16(14)26;1-9-14(22-5-4-21-9)11-2-3-20-7-12(11)24-17(27)13-15(19)25-26-8-10(18)6-23-16(13)26;1-24-13(20-7-21-24)9-2-3-18-5-10(9)22-15(26)11-12(17)23-25-6-8(16)4-19-14(11)25/h2-7,10-12H,1,8-9H2,(H2,23,27)(H,26,30);2-10H,1H3,(H2,21,25)(H,24,27);3-8H,1-2H3,(H2,19,24)(H,22,27);2-8H,1H3,(H2,19,25)(H,24,27);2-7H,1H3,(H2,17,23)(H,22,26). The van der Waals surface area contributed by atoms with Gasteiger partial charge in [-0.05, 0) is 86.0 Å². The van der Waals surface area contributed by atoms with Crippen LogP contribution in [0, 0.1) is 42.9 Å². The highest BCUT2D eigenvalue weighted by atomic mass is 32.2. The molecule has 18 aromatic heterocycles. The lowest BCUT2D eigenvalue weighted by molar-refractivity contribution is 0.102. The number of sulfone groups is 1. The van der Waals surface area contributed by atoms with Crippen LogP contribution in [0.3, 0.4) is 0 Å². The summed E-state index contributed by atoms with van der Waals surface area (Å²) in [5, 5.41) is 41.7. The van der Waals surface area contributed by atoms with Gasteiger partial charge in [-0.25, -0.2) is 96.0 Å². The number of nitrogens with zero attached hydrogens (tertiary/aromatic N) is 28. The van der Waals surface area contributed by atoms with Crippen LogP contribution in [-0.2, 0) is 34.0 Å². The van der Waals surface area contributed by atoms with E-state index >= 15 is 0 Å². The minimum atomic E-state index is -3.49. The third-order valence-electron chi connectivity index (χ3n) is 21.4. The van der Waals surface area contributed by atoms with Crippen LogP contribution in [0.4, 0.5) is 79.5 Å². The molecule has 0 saturated carbocycles. The molecule has 0 spiro atoms. The number of carbonyl (C=O) groups is 5. The number of nitrogens with one attached hydrogen (secondary N) is 5. The summed E-state index contributed by atoms with van der Waals surface area (Å²) in [6.45, 7) is 4.75. The van der Waals surface area contributed by atoms with E-state index in [1.807, 2.05) is 27.1 Å². The molecule has 143 heavy (non-hydrogen) atoms. The predicted molar refractivity (Wildman–Crippen MR) is 508 cm³/mol. The zero-order valence-corrected chi connectivity index (χ0v) is 76.4. The number of benzene rings is 2. The Balaban J connectivity index is 0.000000123. The molecule has 0 aliphatic carbocycles. The molecule has 2 aromatic carbocycles. The van der Waals surface area contributed by atoms with Gasteiger partial charge in [0, 0.05) is 116 Å². The average Bonchev–Trinajstić information content (AvgIpc) is 1.53. The Hall–Kier alpha value is -19.4. The fourth-order valence-electron chi connectivity index (χ4n) is 14.7. The third kappa shape index (κ3) is 20.1. The summed E-state index contributed by atoms with van der Waals surface area (Å²) in [6, 6.07) is 21.2. The molecule has 1 saturated heterocycles. The SMILES string of the molecule is CS(=O)(=O)c1ccc(-c2ccncc2NC(=O)c2c(N)nn3cc(F)cnc23)cc1.Cc1nccnc1-c1ccncc1NC(=O)c1c(N)nn2cc(F)cnc12.Cc1nn(C)cc1-c1ccncc1NC(=O)c1c(N)nn2cc(F)cnc12.Cn1ncnc1-c1ccncc1NC(=O)c1c(N)nn2cc(F)cnc12.Nc1nn2cc(F)cnc2c1C(=O)Nc1cnccc1-c1ccc(S(=O)(=O)N2CCC2)cc1. The number of pyridine rings is 5. The zero-order chi connectivity index (χ0) is 101. The Bertz CT molecular complexity index is 8650. The number of aryl methyl sites for hydroxylation is 4. The molecule has 54 heteroatoms. The number of amides is 5. The third-order valence-corrected chi connectivity index (χ3v) is 24.5. The van der Waals surface area contributed by atoms with Gasteiger partial charge in [-0.15, -0.1) is 25.5 Å². The summed E-state index contributed by atoms with van der Waals surface area (Å²) in [4.78, 5) is 117.